The van der Waals surface area contributed by atoms with Crippen molar-refractivity contribution in [2.45, 2.75) is 121 Å². The third kappa shape index (κ3) is 21.8. The van der Waals surface area contributed by atoms with Crippen LogP contribution in [0.2, 0.25) is 0 Å². The van der Waals surface area contributed by atoms with Crippen molar-refractivity contribution in [1.82, 2.24) is 45.5 Å². The van der Waals surface area contributed by atoms with Gasteiger partial charge in [-0.15, -0.1) is 10.2 Å². The predicted molar refractivity (Wildman–Crippen MR) is 274 cm³/mol. The van der Waals surface area contributed by atoms with Crippen LogP contribution in [-0.2, 0) is 88.0 Å². The Morgan fingerprint density at radius 1 is 0.650 bits per heavy atom. The molecule has 34 heteroatoms. The Bertz CT molecular complexity index is 2260. The Hall–Kier alpha value is -7.15. The monoisotopic (exact) mass is 1140 g/mol. The Morgan fingerprint density at radius 2 is 1.04 bits per heavy atom. The van der Waals surface area contributed by atoms with Crippen LogP contribution in [-0.4, -0.2) is 247 Å². The van der Waals surface area contributed by atoms with Gasteiger partial charge in [-0.25, -0.2) is 28.9 Å². The smallest absolute Gasteiger partial charge is 0.370 e. The second kappa shape index (κ2) is 34.1. The van der Waals surface area contributed by atoms with Gasteiger partial charge in [0, 0.05) is 20.5 Å². The number of carboxylic acids is 2. The fourth-order valence-corrected chi connectivity index (χ4v) is 8.10. The molecule has 0 bridgehead atoms. The first-order valence-corrected chi connectivity index (χ1v) is 25.4. The molecule has 448 valence electrons. The van der Waals surface area contributed by atoms with Gasteiger partial charge in [0.15, 0.2) is 24.1 Å². The van der Waals surface area contributed by atoms with Crippen LogP contribution >= 0.6 is 0 Å². The Labute approximate surface area is 459 Å². The van der Waals surface area contributed by atoms with Crippen LogP contribution in [0.1, 0.15) is 45.0 Å². The highest BCUT2D eigenvalue weighted by Crippen LogP contribution is 2.28. The Morgan fingerprint density at radius 3 is 1.39 bits per heavy atom. The van der Waals surface area contributed by atoms with Gasteiger partial charge in [0.05, 0.1) is 142 Å². The number of nitrogens with zero attached hydrogens (tertiary/aromatic N) is 9. The van der Waals surface area contributed by atoms with Gasteiger partial charge >= 0.3 is 11.9 Å². The van der Waals surface area contributed by atoms with Gasteiger partial charge in [-0.1, -0.05) is 17.4 Å². The minimum absolute atomic E-state index is 0.0215. The number of ether oxygens (including phenoxy) is 8. The van der Waals surface area contributed by atoms with Crippen LogP contribution in [0.5, 0.6) is 0 Å². The fraction of sp³-hybridized carbons (Fsp3) is 0.674. The summed E-state index contributed by atoms with van der Waals surface area (Å²) in [6, 6.07) is -4.69. The summed E-state index contributed by atoms with van der Waals surface area (Å²) in [5.74, 6) is -6.62. The second-order valence-electron chi connectivity index (χ2n) is 17.9. The van der Waals surface area contributed by atoms with E-state index in [-0.39, 0.29) is 71.5 Å². The quantitative estimate of drug-likeness (QED) is 0.0169. The first-order valence-electron chi connectivity index (χ1n) is 25.4. The molecule has 0 fully saturated rings. The summed E-state index contributed by atoms with van der Waals surface area (Å²) in [5, 5.41) is 83.3. The van der Waals surface area contributed by atoms with Crippen LogP contribution in [0.3, 0.4) is 0 Å². The van der Waals surface area contributed by atoms with Crippen molar-refractivity contribution in [3.63, 3.8) is 0 Å². The molecule has 2 aliphatic heterocycles. The summed E-state index contributed by atoms with van der Waals surface area (Å²) >= 11 is 0. The first kappa shape index (κ1) is 65.4. The van der Waals surface area contributed by atoms with Crippen molar-refractivity contribution < 1.29 is 92.5 Å². The first-order chi connectivity index (χ1) is 38.2. The summed E-state index contributed by atoms with van der Waals surface area (Å²) in [7, 11) is 0. The number of nitrogens with two attached hydrogens (primary N) is 4. The molecule has 0 unspecified atom stereocenters. The number of hydrogen-bond acceptors (Lipinski definition) is 23. The number of rotatable bonds is 38. The van der Waals surface area contributed by atoms with E-state index in [1.807, 2.05) is 6.92 Å². The molecule has 0 spiro atoms. The van der Waals surface area contributed by atoms with E-state index < -0.39 is 121 Å². The Balaban J connectivity index is 1.47. The van der Waals surface area contributed by atoms with Gasteiger partial charge in [-0.05, 0) is 18.6 Å². The van der Waals surface area contributed by atoms with Crippen LogP contribution in [0.4, 0.5) is 0 Å². The van der Waals surface area contributed by atoms with Gasteiger partial charge in [0.1, 0.15) is 35.8 Å². The highest BCUT2D eigenvalue weighted by molar-refractivity contribution is 5.86. The fourth-order valence-electron chi connectivity index (χ4n) is 8.10. The van der Waals surface area contributed by atoms with E-state index in [4.69, 9.17) is 60.8 Å². The molecule has 0 saturated carbocycles. The summed E-state index contributed by atoms with van der Waals surface area (Å²) in [6.45, 7) is 4.67. The van der Waals surface area contributed by atoms with E-state index in [9.17, 15) is 54.6 Å². The van der Waals surface area contributed by atoms with E-state index in [2.05, 4.69) is 41.2 Å². The zero-order chi connectivity index (χ0) is 58.7. The number of amides is 3. The van der Waals surface area contributed by atoms with Crippen LogP contribution < -0.4 is 33.6 Å². The minimum atomic E-state index is -1.66. The van der Waals surface area contributed by atoms with E-state index in [1.165, 1.54) is 40.5 Å². The molecule has 16 N–H and O–H groups in total. The third-order valence-corrected chi connectivity index (χ3v) is 11.6. The summed E-state index contributed by atoms with van der Waals surface area (Å²) in [4.78, 5) is 72.0. The van der Waals surface area contributed by atoms with E-state index in [0.717, 1.165) is 18.6 Å². The van der Waals surface area contributed by atoms with E-state index in [1.54, 1.807) is 0 Å². The number of carboxylic acid groups (broad SMARTS) is 2. The number of aliphatic imine (C=N–C) groups is 2. The zero-order valence-corrected chi connectivity index (χ0v) is 44.6. The molecule has 34 nitrogen and oxygen atoms in total. The lowest BCUT2D eigenvalue weighted by atomic mass is 9.92. The number of aliphatic hydroxyl groups excluding tert-OH is 4. The maximum atomic E-state index is 13.9. The van der Waals surface area contributed by atoms with Crippen molar-refractivity contribution in [1.29, 1.82) is 0 Å². The zero-order valence-electron chi connectivity index (χ0n) is 44.6. The molecular formula is C46H75N15O19. The van der Waals surface area contributed by atoms with Crippen LogP contribution in [0.25, 0.3) is 0 Å². The lowest BCUT2D eigenvalue weighted by molar-refractivity contribution is -0.154. The number of carbonyl (C=O) groups excluding carboxylic acids is 3. The molecule has 4 heterocycles. The molecule has 0 radical (unpaired) electrons. The standard InChI is InChI=1S/C46H75N15O19/c1-4-8-73-12-14-75-16-17-76-15-13-74-9-5-36(68)59(20-28-22-60(57-55-28)6-10-77-39(32(66)24-62)41-37(51-26(2)64)30(53-45(47)48)18-34(79-41)43(69)70)21-29-23-61(58-56-29)7-11-78-40(33(67)25-63)42-38(52-27(3)65)31(54-46(49)50)19-35(80-42)44(71)72/h18-19,22-23,30-33,37-42,62-63,66-67H,4-17,20-21,24-25H2,1-3H3,(H,51,64)(H,52,65)(H,69,70)(H,71,72)(H4,47,48,53)(H4,49,50,54)/t30-,31-,32+,33+,37+,38+,39+,40+,41+,42+/m0/s1. The van der Waals surface area contributed by atoms with E-state index >= 15 is 0 Å². The number of aromatic nitrogens is 6. The number of aliphatic hydroxyl groups is 4. The highest BCUT2D eigenvalue weighted by Gasteiger charge is 2.46. The molecular weight excluding hydrogens is 1070 g/mol. The normalized spacial score (nSPS) is 20.3. The SMILES string of the molecule is CCCOCCOCCOCCOCCC(=O)N(Cc1cn(CCO[C@@H]([C@@H]2OC(C(=O)O)=C[C@H](N=C(N)N)[C@H]2NC(C)=O)[C@H](O)CO)nn1)Cc1cn(CCO[C@@H]([C@@H]2OC(C(=O)O)=C[C@H](N=C(N)N)[C@H]2NC(C)=O)[C@H](O)CO)nn1. The molecule has 0 saturated heterocycles. The van der Waals surface area contributed by atoms with E-state index in [0.29, 0.717) is 44.4 Å². The third-order valence-electron chi connectivity index (χ3n) is 11.6. The molecule has 2 aromatic rings. The molecule has 80 heavy (non-hydrogen) atoms. The van der Waals surface area contributed by atoms with Crippen molar-refractivity contribution in [3.05, 3.63) is 47.5 Å². The summed E-state index contributed by atoms with van der Waals surface area (Å²) < 4.78 is 48.1. The summed E-state index contributed by atoms with van der Waals surface area (Å²) in [6.07, 6.45) is -3.10. The maximum Gasteiger partial charge on any atom is 0.370 e. The predicted octanol–water partition coefficient (Wildman–Crippen LogP) is -6.23. The van der Waals surface area contributed by atoms with Crippen molar-refractivity contribution in [3.8, 4) is 0 Å². The minimum Gasteiger partial charge on any atom is -0.478 e. The topological polar surface area (TPSA) is 498 Å². The lowest BCUT2D eigenvalue weighted by Gasteiger charge is -2.40. The van der Waals surface area contributed by atoms with Crippen molar-refractivity contribution >= 4 is 41.6 Å². The molecule has 0 aliphatic carbocycles. The van der Waals surface area contributed by atoms with Gasteiger partial charge in [-0.2, -0.15) is 0 Å². The molecule has 2 aliphatic rings. The Kier molecular flexibility index (Phi) is 27.9. The van der Waals surface area contributed by atoms with Gasteiger partial charge in [0.2, 0.25) is 29.2 Å². The van der Waals surface area contributed by atoms with Crippen molar-refractivity contribution in [2.75, 3.05) is 79.3 Å². The lowest BCUT2D eigenvalue weighted by Crippen LogP contribution is -2.60. The number of carbonyl (C=O) groups is 5. The number of aliphatic carboxylic acids is 2. The molecule has 3 amide bonds. The van der Waals surface area contributed by atoms with Crippen molar-refractivity contribution in [2.24, 2.45) is 32.9 Å². The molecule has 10 atom stereocenters. The number of hydrogen-bond donors (Lipinski definition) is 12. The van der Waals surface area contributed by atoms with Gasteiger partial charge in [0.25, 0.3) is 0 Å². The second-order valence-corrected chi connectivity index (χ2v) is 17.9. The average molecular weight is 1140 g/mol. The average Bonchev–Trinajstić information content (AvgIpc) is 4.10. The van der Waals surface area contributed by atoms with Gasteiger partial charge < -0.3 is 107 Å². The summed E-state index contributed by atoms with van der Waals surface area (Å²) in [5.41, 5.74) is 23.0. The molecule has 0 aromatic carbocycles. The van der Waals surface area contributed by atoms with Crippen LogP contribution in [0.15, 0.2) is 46.0 Å². The van der Waals surface area contributed by atoms with Crippen LogP contribution in [0, 0.1) is 0 Å². The highest BCUT2D eigenvalue weighted by atomic mass is 16.6. The van der Waals surface area contributed by atoms with Gasteiger partial charge in [-0.3, -0.25) is 14.4 Å². The number of nitrogens with one attached hydrogen (secondary N) is 2. The molecule has 2 aromatic heterocycles. The largest absolute Gasteiger partial charge is 0.478 e. The maximum absolute atomic E-state index is 13.9. The molecule has 4 rings (SSSR count). The number of guanidine groups is 2.